The molecule has 11 nitrogen and oxygen atoms in total. The Morgan fingerprint density at radius 3 is 2.21 bits per heavy atom. The first-order chi connectivity index (χ1) is 25.1. The van der Waals surface area contributed by atoms with E-state index in [1.807, 2.05) is 49.5 Å². The van der Waals surface area contributed by atoms with Crippen LogP contribution in [-0.2, 0) is 24.9 Å². The second-order valence-electron chi connectivity index (χ2n) is 15.2. The van der Waals surface area contributed by atoms with Crippen molar-refractivity contribution in [2.45, 2.75) is 32.2 Å². The highest BCUT2D eigenvalue weighted by Crippen LogP contribution is 2.44. The van der Waals surface area contributed by atoms with Crippen molar-refractivity contribution in [1.29, 1.82) is 0 Å². The van der Waals surface area contributed by atoms with Crippen LogP contribution in [0.3, 0.4) is 0 Å². The Balaban J connectivity index is 0.954. The van der Waals surface area contributed by atoms with Crippen molar-refractivity contribution in [2.24, 2.45) is 17.9 Å². The molecule has 1 atom stereocenters. The van der Waals surface area contributed by atoms with Gasteiger partial charge in [0.1, 0.15) is 17.6 Å². The van der Waals surface area contributed by atoms with Gasteiger partial charge in [-0.25, -0.2) is 9.97 Å². The molecule has 4 fully saturated rings. The first kappa shape index (κ1) is 33.7. The number of benzene rings is 2. The van der Waals surface area contributed by atoms with E-state index in [4.69, 9.17) is 42.9 Å². The lowest BCUT2D eigenvalue weighted by Gasteiger charge is -2.47. The Hall–Kier alpha value is -4.10. The molecule has 2 aromatic carbocycles. The van der Waals surface area contributed by atoms with Crippen LogP contribution < -0.4 is 15.4 Å². The largest absolute Gasteiger partial charge is 0.480 e. The molecule has 0 aliphatic carbocycles. The van der Waals surface area contributed by atoms with Crippen molar-refractivity contribution >= 4 is 40.1 Å². The fourth-order valence-corrected chi connectivity index (χ4v) is 9.52. The second kappa shape index (κ2) is 12.8. The number of methoxy groups -OCH3 is 1. The Bertz CT molecular complexity index is 2230. The van der Waals surface area contributed by atoms with Gasteiger partial charge in [-0.15, -0.1) is 0 Å². The van der Waals surface area contributed by atoms with Gasteiger partial charge in [-0.05, 0) is 24.1 Å². The summed E-state index contributed by atoms with van der Waals surface area (Å²) < 4.78 is 7.77. The topological polar surface area (TPSA) is 121 Å². The first-order valence-corrected chi connectivity index (χ1v) is 18.4. The average molecular weight is 740 g/mol. The van der Waals surface area contributed by atoms with Crippen molar-refractivity contribution in [3.63, 3.8) is 0 Å². The zero-order valence-electron chi connectivity index (χ0n) is 29.1. The maximum absolute atomic E-state index is 11.8. The molecule has 3 aromatic heterocycles. The molecule has 9 rings (SSSR count). The van der Waals surface area contributed by atoms with Gasteiger partial charge in [-0.1, -0.05) is 59.6 Å². The van der Waals surface area contributed by atoms with Gasteiger partial charge in [0.25, 0.3) is 0 Å². The molecular weight excluding hydrogens is 699 g/mol. The van der Waals surface area contributed by atoms with Gasteiger partial charge in [-0.3, -0.25) is 24.9 Å². The third-order valence-corrected chi connectivity index (χ3v) is 12.1. The quantitative estimate of drug-likeness (QED) is 0.199. The van der Waals surface area contributed by atoms with Crippen LogP contribution in [0.4, 0.5) is 0 Å². The van der Waals surface area contributed by atoms with E-state index < -0.39 is 6.23 Å². The molecule has 7 heterocycles. The number of pyridine rings is 1. The predicted molar refractivity (Wildman–Crippen MR) is 201 cm³/mol. The summed E-state index contributed by atoms with van der Waals surface area (Å²) in [6.07, 6.45) is 4.88. The van der Waals surface area contributed by atoms with Gasteiger partial charge in [0.05, 0.1) is 34.7 Å². The summed E-state index contributed by atoms with van der Waals surface area (Å²) in [4.78, 5) is 31.2. The number of nitrogens with one attached hydrogen (secondary N) is 2. The Kier molecular flexibility index (Phi) is 8.29. The lowest BCUT2D eigenvalue weighted by molar-refractivity contribution is -0.120. The van der Waals surface area contributed by atoms with Crippen LogP contribution in [0.2, 0.25) is 10.0 Å². The number of carbonyl (C=O) groups excluding carboxylic acids is 1. The minimum atomic E-state index is -0.420. The summed E-state index contributed by atoms with van der Waals surface area (Å²) in [7, 11) is 3.63. The molecule has 4 aliphatic rings. The lowest BCUT2D eigenvalue weighted by atomic mass is 9.79. The summed E-state index contributed by atoms with van der Waals surface area (Å²) in [6, 6.07) is 15.9. The SMILES string of the molecule is COc1nc(-c2cccc(-c3cccc(-c4ccc5c(CN6CC7(CNC(=O)C7)C6)cn(C)c5n4)c3Cl)c2Cl)cnc1CN1CC2(CNC(O)C2)C1. The van der Waals surface area contributed by atoms with Crippen LogP contribution in [0, 0.1) is 10.8 Å². The van der Waals surface area contributed by atoms with Gasteiger partial charge in [-0.2, -0.15) is 0 Å². The molecule has 0 bridgehead atoms. The molecule has 2 spiro atoms. The lowest BCUT2D eigenvalue weighted by Crippen LogP contribution is -2.56. The maximum atomic E-state index is 11.8. The highest BCUT2D eigenvalue weighted by atomic mass is 35.5. The van der Waals surface area contributed by atoms with Crippen LogP contribution in [-0.4, -0.2) is 92.9 Å². The monoisotopic (exact) mass is 738 g/mol. The van der Waals surface area contributed by atoms with E-state index in [9.17, 15) is 9.90 Å². The summed E-state index contributed by atoms with van der Waals surface area (Å²) in [6.45, 7) is 6.70. The molecule has 1 unspecified atom stereocenters. The molecule has 13 heteroatoms. The number of aryl methyl sites for hydroxylation is 1. The zero-order valence-corrected chi connectivity index (χ0v) is 30.6. The minimum absolute atomic E-state index is 0.0973. The number of aliphatic hydroxyl groups excluding tert-OH is 1. The number of likely N-dealkylation sites (tertiary alicyclic amines) is 2. The summed E-state index contributed by atoms with van der Waals surface area (Å²) in [5.41, 5.74) is 7.60. The maximum Gasteiger partial charge on any atom is 0.237 e. The van der Waals surface area contributed by atoms with Crippen LogP contribution in [0.5, 0.6) is 5.88 Å². The fraction of sp³-hybridized carbons (Fsp3) is 0.385. The molecule has 0 radical (unpaired) electrons. The number of rotatable bonds is 8. The van der Waals surface area contributed by atoms with E-state index >= 15 is 0 Å². The van der Waals surface area contributed by atoms with E-state index in [1.54, 1.807) is 13.3 Å². The average Bonchev–Trinajstić information content (AvgIpc) is 3.79. The van der Waals surface area contributed by atoms with E-state index in [-0.39, 0.29) is 16.7 Å². The smallest absolute Gasteiger partial charge is 0.237 e. The predicted octanol–water partition coefficient (Wildman–Crippen LogP) is 5.12. The van der Waals surface area contributed by atoms with Gasteiger partial charge in [0.2, 0.25) is 11.8 Å². The number of aromatic nitrogens is 4. The van der Waals surface area contributed by atoms with Crippen LogP contribution in [0.1, 0.15) is 24.1 Å². The highest BCUT2D eigenvalue weighted by Gasteiger charge is 2.49. The molecule has 268 valence electrons. The van der Waals surface area contributed by atoms with Gasteiger partial charge < -0.3 is 19.7 Å². The summed E-state index contributed by atoms with van der Waals surface area (Å²) >= 11 is 14.3. The molecule has 52 heavy (non-hydrogen) atoms. The van der Waals surface area contributed by atoms with Crippen LogP contribution in [0.15, 0.2) is 60.9 Å². The number of carbonyl (C=O) groups is 1. The van der Waals surface area contributed by atoms with Crippen molar-refractivity contribution in [2.75, 3.05) is 46.4 Å². The number of amides is 1. The normalized spacial score (nSPS) is 20.8. The molecule has 0 saturated carbocycles. The van der Waals surface area contributed by atoms with E-state index in [2.05, 4.69) is 37.3 Å². The Morgan fingerprint density at radius 1 is 0.885 bits per heavy atom. The van der Waals surface area contributed by atoms with Crippen LogP contribution in [0.25, 0.3) is 44.7 Å². The molecule has 1 amide bonds. The number of nitrogens with zero attached hydrogens (tertiary/aromatic N) is 6. The minimum Gasteiger partial charge on any atom is -0.480 e. The molecule has 3 N–H and O–H groups in total. The third kappa shape index (κ3) is 5.84. The van der Waals surface area contributed by atoms with Gasteiger partial charge >= 0.3 is 0 Å². The Labute approximate surface area is 311 Å². The van der Waals surface area contributed by atoms with E-state index in [1.165, 1.54) is 5.56 Å². The van der Waals surface area contributed by atoms with Crippen molar-refractivity contribution in [1.82, 2.24) is 40.0 Å². The molecular formula is C39H40Cl2N8O3. The number of halogens is 2. The summed E-state index contributed by atoms with van der Waals surface area (Å²) in [5.74, 6) is 0.627. The zero-order chi connectivity index (χ0) is 35.8. The second-order valence-corrected chi connectivity index (χ2v) is 16.0. The fourth-order valence-electron chi connectivity index (χ4n) is 8.87. The van der Waals surface area contributed by atoms with Crippen LogP contribution >= 0.6 is 23.2 Å². The molecule has 5 aromatic rings. The van der Waals surface area contributed by atoms with Crippen molar-refractivity contribution in [3.05, 3.63) is 82.2 Å². The highest BCUT2D eigenvalue weighted by molar-refractivity contribution is 6.39. The number of aliphatic hydroxyl groups is 1. The summed E-state index contributed by atoms with van der Waals surface area (Å²) in [5, 5.41) is 18.2. The van der Waals surface area contributed by atoms with Crippen molar-refractivity contribution < 1.29 is 14.6 Å². The standard InChI is InChI=1S/C39H40Cl2N8O3/c1-47-14-23(15-48-19-38(20-48)11-32(50)43-17-38)24-9-10-29(45-36(24)47)27-7-3-5-25(34(27)40)26-6-4-8-28(35(26)41)30-13-42-31(37(46-30)52-2)16-49-21-39(22-49)12-33(51)44-18-39/h3-10,13-14,33,44,51H,11-12,15-22H2,1-2H3,(H,43,50). The van der Waals surface area contributed by atoms with E-state index in [0.29, 0.717) is 34.6 Å². The first-order valence-electron chi connectivity index (χ1n) is 17.7. The number of hydrogen-bond acceptors (Lipinski definition) is 9. The third-order valence-electron chi connectivity index (χ3n) is 11.3. The van der Waals surface area contributed by atoms with Gasteiger partial charge in [0.15, 0.2) is 0 Å². The Morgan fingerprint density at radius 2 is 1.56 bits per heavy atom. The number of ether oxygens (including phenoxy) is 1. The molecule has 4 saturated heterocycles. The van der Waals surface area contributed by atoms with Gasteiger partial charge in [0, 0.05) is 110 Å². The number of fused-ring (bicyclic) bond motifs is 1. The van der Waals surface area contributed by atoms with E-state index in [0.717, 1.165) is 96.9 Å². The van der Waals surface area contributed by atoms with Crippen molar-refractivity contribution in [3.8, 4) is 39.5 Å². The number of hydrogen-bond donors (Lipinski definition) is 3. The molecule has 4 aliphatic heterocycles.